The van der Waals surface area contributed by atoms with Crippen LogP contribution in [0.2, 0.25) is 0 Å². The number of benzene rings is 7. The Kier molecular flexibility index (Phi) is 7.65. The van der Waals surface area contributed by atoms with E-state index in [4.69, 9.17) is 9.84 Å². The Morgan fingerprint density at radius 1 is 0.673 bits per heavy atom. The molecule has 0 radical (unpaired) electrons. The van der Waals surface area contributed by atoms with E-state index in [0.29, 0.717) is 17.1 Å². The zero-order chi connectivity index (χ0) is 35.0. The highest BCUT2D eigenvalue weighted by Gasteiger charge is 2.31. The smallest absolute Gasteiger partial charge is 0.137 e. The Bertz CT molecular complexity index is 2710. The summed E-state index contributed by atoms with van der Waals surface area (Å²) in [4.78, 5) is 0. The Balaban J connectivity index is 1.05. The summed E-state index contributed by atoms with van der Waals surface area (Å²) in [6.07, 6.45) is 8.08. The van der Waals surface area contributed by atoms with Gasteiger partial charge in [-0.15, -0.1) is 0 Å². The van der Waals surface area contributed by atoms with Gasteiger partial charge < -0.3 is 4.74 Å². The molecule has 0 bridgehead atoms. The average Bonchev–Trinajstić information content (AvgIpc) is 3.66. The van der Waals surface area contributed by atoms with Crippen LogP contribution in [0.25, 0.3) is 44.2 Å². The highest BCUT2D eigenvalue weighted by Crippen LogP contribution is 2.41. The van der Waals surface area contributed by atoms with Crippen LogP contribution in [0.1, 0.15) is 34.7 Å². The molecule has 5 nitrogen and oxygen atoms in total. The topological polar surface area (TPSA) is 72.4 Å². The van der Waals surface area contributed by atoms with Crippen LogP contribution < -0.4 is 5.01 Å². The molecule has 0 saturated carbocycles. The second-order valence-electron chi connectivity index (χ2n) is 13.0. The summed E-state index contributed by atoms with van der Waals surface area (Å²) in [6.45, 7) is 0. The van der Waals surface area contributed by atoms with Crippen LogP contribution in [0, 0.1) is 22.7 Å². The molecule has 244 valence electrons. The Morgan fingerprint density at radius 3 is 2.08 bits per heavy atom. The van der Waals surface area contributed by atoms with Crippen molar-refractivity contribution in [2.75, 3.05) is 5.01 Å². The quantitative estimate of drug-likeness (QED) is 0.131. The maximum absolute atomic E-state index is 9.56. The summed E-state index contributed by atoms with van der Waals surface area (Å²) < 4.78 is 6.21. The molecule has 0 aromatic heterocycles. The van der Waals surface area contributed by atoms with Gasteiger partial charge >= 0.3 is 0 Å². The molecule has 0 aliphatic carbocycles. The van der Waals surface area contributed by atoms with E-state index in [-0.39, 0.29) is 11.6 Å². The minimum atomic E-state index is 0.0348. The molecule has 1 atom stereocenters. The van der Waals surface area contributed by atoms with E-state index in [1.54, 1.807) is 12.2 Å². The van der Waals surface area contributed by atoms with Crippen molar-refractivity contribution in [1.29, 1.82) is 10.5 Å². The standard InChI is InChI=1S/C47H30N4O/c48-29-38(30-49)37-26-40(52-45(27-37)33-10-5-2-6-11-33)23-16-31-14-21-39(22-15-31)51-44(32-8-3-1-4-9-32)28-43(50-51)41-24-19-36-18-17-34-12-7-13-35-20-25-42(41)47(36)46(34)35/h1-27,44H,28H2/b23-16+. The molecule has 5 heteroatoms. The van der Waals surface area contributed by atoms with Gasteiger partial charge in [-0.3, -0.25) is 5.01 Å². The van der Waals surface area contributed by atoms with Gasteiger partial charge in [0.1, 0.15) is 29.2 Å². The number of anilines is 1. The van der Waals surface area contributed by atoms with Crippen LogP contribution in [-0.4, -0.2) is 5.71 Å². The number of hydrogen-bond acceptors (Lipinski definition) is 5. The zero-order valence-electron chi connectivity index (χ0n) is 28.1. The Labute approximate surface area is 301 Å². The number of nitrogens with zero attached hydrogens (tertiary/aromatic N) is 4. The number of hydrazone groups is 1. The summed E-state index contributed by atoms with van der Waals surface area (Å²) in [6, 6.07) is 52.6. The number of nitriles is 2. The first-order valence-corrected chi connectivity index (χ1v) is 17.2. The molecule has 0 amide bonds. The molecule has 2 aliphatic heterocycles. The van der Waals surface area contributed by atoms with Crippen LogP contribution in [0.15, 0.2) is 180 Å². The van der Waals surface area contributed by atoms with Gasteiger partial charge in [0, 0.05) is 23.1 Å². The van der Waals surface area contributed by atoms with Gasteiger partial charge in [-0.2, -0.15) is 15.6 Å². The summed E-state index contributed by atoms with van der Waals surface area (Å²) >= 11 is 0. The SMILES string of the molecule is N#CC(C#N)=C1C=C(/C=C/c2ccc(N3N=C(c4ccc5ccc6cccc7ccc4c5c67)CC3c3ccccc3)cc2)OC(c2ccccc2)=C1. The number of hydrogen-bond donors (Lipinski definition) is 0. The minimum Gasteiger partial charge on any atom is -0.457 e. The van der Waals surface area contributed by atoms with Gasteiger partial charge in [-0.25, -0.2) is 0 Å². The van der Waals surface area contributed by atoms with Crippen molar-refractivity contribution in [3.63, 3.8) is 0 Å². The van der Waals surface area contributed by atoms with Gasteiger partial charge in [0.05, 0.1) is 17.4 Å². The lowest BCUT2D eigenvalue weighted by Gasteiger charge is -2.24. The molecule has 52 heavy (non-hydrogen) atoms. The molecule has 0 fully saturated rings. The predicted octanol–water partition coefficient (Wildman–Crippen LogP) is 11.3. The summed E-state index contributed by atoms with van der Waals surface area (Å²) in [5.41, 5.74) is 6.84. The third-order valence-corrected chi connectivity index (χ3v) is 9.91. The average molecular weight is 667 g/mol. The summed E-state index contributed by atoms with van der Waals surface area (Å²) in [5.74, 6) is 1.12. The van der Waals surface area contributed by atoms with E-state index < -0.39 is 0 Å². The van der Waals surface area contributed by atoms with Gasteiger partial charge in [-0.1, -0.05) is 133 Å². The van der Waals surface area contributed by atoms with Crippen molar-refractivity contribution in [3.05, 3.63) is 197 Å². The molecule has 7 aromatic rings. The third kappa shape index (κ3) is 5.48. The minimum absolute atomic E-state index is 0.0348. The van der Waals surface area contributed by atoms with E-state index in [0.717, 1.165) is 28.9 Å². The van der Waals surface area contributed by atoms with Crippen molar-refractivity contribution in [1.82, 2.24) is 0 Å². The van der Waals surface area contributed by atoms with Gasteiger partial charge in [0.2, 0.25) is 0 Å². The highest BCUT2D eigenvalue weighted by molar-refractivity contribution is 6.27. The van der Waals surface area contributed by atoms with Crippen molar-refractivity contribution < 1.29 is 4.74 Å². The second kappa shape index (κ2) is 12.9. The molecular weight excluding hydrogens is 637 g/mol. The molecular formula is C47H30N4O. The fraction of sp³-hybridized carbons (Fsp3) is 0.0426. The maximum Gasteiger partial charge on any atom is 0.137 e. The molecule has 0 spiro atoms. The van der Waals surface area contributed by atoms with Crippen molar-refractivity contribution in [3.8, 4) is 12.1 Å². The summed E-state index contributed by atoms with van der Waals surface area (Å²) in [5, 5.41) is 34.2. The van der Waals surface area contributed by atoms with Crippen molar-refractivity contribution >= 4 is 55.6 Å². The summed E-state index contributed by atoms with van der Waals surface area (Å²) in [7, 11) is 0. The van der Waals surface area contributed by atoms with Gasteiger partial charge in [0.25, 0.3) is 0 Å². The molecule has 0 saturated heterocycles. The zero-order valence-corrected chi connectivity index (χ0v) is 28.1. The first kappa shape index (κ1) is 30.8. The van der Waals surface area contributed by atoms with Crippen molar-refractivity contribution in [2.45, 2.75) is 12.5 Å². The van der Waals surface area contributed by atoms with E-state index in [1.165, 1.54) is 43.4 Å². The van der Waals surface area contributed by atoms with E-state index in [9.17, 15) is 10.5 Å². The molecule has 2 heterocycles. The fourth-order valence-electron chi connectivity index (χ4n) is 7.40. The normalized spacial score (nSPS) is 15.7. The molecule has 0 N–H and O–H groups in total. The van der Waals surface area contributed by atoms with Crippen LogP contribution in [-0.2, 0) is 4.74 Å². The van der Waals surface area contributed by atoms with Crippen LogP contribution in [0.4, 0.5) is 5.69 Å². The third-order valence-electron chi connectivity index (χ3n) is 9.91. The van der Waals surface area contributed by atoms with E-state index >= 15 is 0 Å². The first-order chi connectivity index (χ1) is 25.7. The van der Waals surface area contributed by atoms with Crippen molar-refractivity contribution in [2.24, 2.45) is 5.10 Å². The Hall–Kier alpha value is -7.21. The Morgan fingerprint density at radius 2 is 1.35 bits per heavy atom. The van der Waals surface area contributed by atoms with Gasteiger partial charge in [-0.05, 0) is 73.8 Å². The van der Waals surface area contributed by atoms with E-state index in [1.807, 2.05) is 54.6 Å². The molecule has 2 aliphatic rings. The first-order valence-electron chi connectivity index (χ1n) is 17.2. The lowest BCUT2D eigenvalue weighted by molar-refractivity contribution is 0.396. The van der Waals surface area contributed by atoms with Crippen LogP contribution in [0.3, 0.4) is 0 Å². The molecule has 9 rings (SSSR count). The number of rotatable bonds is 6. The maximum atomic E-state index is 9.56. The number of allylic oxidation sites excluding steroid dienone is 5. The van der Waals surface area contributed by atoms with Crippen LogP contribution in [0.5, 0.6) is 0 Å². The largest absolute Gasteiger partial charge is 0.457 e. The van der Waals surface area contributed by atoms with E-state index in [2.05, 4.69) is 114 Å². The van der Waals surface area contributed by atoms with Gasteiger partial charge in [0.15, 0.2) is 0 Å². The predicted molar refractivity (Wildman–Crippen MR) is 210 cm³/mol. The lowest BCUT2D eigenvalue weighted by atomic mass is 9.89. The lowest BCUT2D eigenvalue weighted by Crippen LogP contribution is -2.18. The molecule has 7 aromatic carbocycles. The molecule has 1 unspecified atom stereocenters. The highest BCUT2D eigenvalue weighted by atomic mass is 16.5. The van der Waals surface area contributed by atoms with Crippen LogP contribution >= 0.6 is 0 Å². The number of ether oxygens (including phenoxy) is 1. The second-order valence-corrected chi connectivity index (χ2v) is 13.0. The monoisotopic (exact) mass is 666 g/mol. The fourth-order valence-corrected chi connectivity index (χ4v) is 7.40.